The third kappa shape index (κ3) is 7.87. The highest BCUT2D eigenvalue weighted by molar-refractivity contribution is 7.99. The van der Waals surface area contributed by atoms with Crippen molar-refractivity contribution in [2.24, 2.45) is 0 Å². The molecule has 0 spiro atoms. The molecule has 0 atom stereocenters. The Morgan fingerprint density at radius 2 is 1.00 bits per heavy atom. The standard InChI is InChI=1S/C37H32O5S/c1-40-32-15-11-28(12-16-32)26-3-7-30(8-4-26)36(23-24-43-35-21-19-34(20-22-35)42-25-37(38)39)31-9-5-27(6-10-31)29-13-17-33(41-2)18-14-29/h3-23H,24-25H2,1-2H3,(H,38,39). The Morgan fingerprint density at radius 3 is 1.40 bits per heavy atom. The first-order valence-corrected chi connectivity index (χ1v) is 14.8. The molecule has 5 aromatic carbocycles. The first-order chi connectivity index (χ1) is 21.0. The summed E-state index contributed by atoms with van der Waals surface area (Å²) in [6.45, 7) is -0.354. The average molecular weight is 589 g/mol. The van der Waals surface area contributed by atoms with Crippen LogP contribution in [0, 0.1) is 0 Å². The lowest BCUT2D eigenvalue weighted by atomic mass is 9.94. The summed E-state index contributed by atoms with van der Waals surface area (Å²) in [5.74, 6) is 1.97. The van der Waals surface area contributed by atoms with Gasteiger partial charge in [0.2, 0.25) is 0 Å². The lowest BCUT2D eigenvalue weighted by molar-refractivity contribution is -0.139. The van der Waals surface area contributed by atoms with Crippen molar-refractivity contribution in [3.8, 4) is 39.5 Å². The number of thioether (sulfide) groups is 1. The fraction of sp³-hybridized carbons (Fsp3) is 0.108. The Hall–Kier alpha value is -4.94. The molecule has 0 radical (unpaired) electrons. The van der Waals surface area contributed by atoms with E-state index in [1.807, 2.05) is 36.4 Å². The third-order valence-corrected chi connectivity index (χ3v) is 7.90. The molecule has 0 bridgehead atoms. The van der Waals surface area contributed by atoms with Gasteiger partial charge in [0.15, 0.2) is 6.61 Å². The van der Waals surface area contributed by atoms with E-state index in [-0.39, 0.29) is 6.61 Å². The molecule has 5 rings (SSSR count). The number of benzene rings is 5. The van der Waals surface area contributed by atoms with Crippen molar-refractivity contribution in [2.45, 2.75) is 4.90 Å². The number of methoxy groups -OCH3 is 2. The molecule has 0 aliphatic heterocycles. The maximum Gasteiger partial charge on any atom is 0.341 e. The zero-order valence-corrected chi connectivity index (χ0v) is 24.8. The quantitative estimate of drug-likeness (QED) is 0.147. The van der Waals surface area contributed by atoms with E-state index in [4.69, 9.17) is 19.3 Å². The maximum absolute atomic E-state index is 10.8. The molecule has 0 aliphatic carbocycles. The predicted octanol–water partition coefficient (Wildman–Crippen LogP) is 8.73. The van der Waals surface area contributed by atoms with Crippen molar-refractivity contribution in [1.82, 2.24) is 0 Å². The van der Waals surface area contributed by atoms with Crippen LogP contribution in [0.25, 0.3) is 27.8 Å². The van der Waals surface area contributed by atoms with Crippen LogP contribution >= 0.6 is 11.8 Å². The van der Waals surface area contributed by atoms with Gasteiger partial charge in [-0.3, -0.25) is 0 Å². The zero-order chi connectivity index (χ0) is 30.0. The highest BCUT2D eigenvalue weighted by Gasteiger charge is 2.09. The van der Waals surface area contributed by atoms with Crippen LogP contribution in [0.15, 0.2) is 132 Å². The second-order valence-electron chi connectivity index (χ2n) is 9.69. The Balaban J connectivity index is 1.38. The molecule has 0 amide bonds. The molecule has 216 valence electrons. The average Bonchev–Trinajstić information content (AvgIpc) is 3.06. The van der Waals surface area contributed by atoms with Crippen LogP contribution in [0.4, 0.5) is 0 Å². The molecule has 43 heavy (non-hydrogen) atoms. The summed E-state index contributed by atoms with van der Waals surface area (Å²) in [4.78, 5) is 11.8. The van der Waals surface area contributed by atoms with Gasteiger partial charge in [-0.2, -0.15) is 0 Å². The highest BCUT2D eigenvalue weighted by atomic mass is 32.2. The van der Waals surface area contributed by atoms with E-state index < -0.39 is 5.97 Å². The van der Waals surface area contributed by atoms with Crippen LogP contribution in [0.5, 0.6) is 17.2 Å². The number of carbonyl (C=O) groups is 1. The number of rotatable bonds is 12. The van der Waals surface area contributed by atoms with E-state index in [1.54, 1.807) is 38.1 Å². The number of carboxylic acid groups (broad SMARTS) is 1. The van der Waals surface area contributed by atoms with Crippen LogP contribution in [0.1, 0.15) is 11.1 Å². The molecular weight excluding hydrogens is 556 g/mol. The van der Waals surface area contributed by atoms with Gasteiger partial charge < -0.3 is 19.3 Å². The first kappa shape index (κ1) is 29.5. The van der Waals surface area contributed by atoms with E-state index >= 15 is 0 Å². The normalized spacial score (nSPS) is 10.6. The van der Waals surface area contributed by atoms with E-state index in [0.29, 0.717) is 5.75 Å². The predicted molar refractivity (Wildman–Crippen MR) is 174 cm³/mol. The van der Waals surface area contributed by atoms with Crippen LogP contribution in [0.3, 0.4) is 0 Å². The summed E-state index contributed by atoms with van der Waals surface area (Å²) in [5, 5.41) is 8.83. The number of hydrogen-bond acceptors (Lipinski definition) is 5. The third-order valence-electron chi connectivity index (χ3n) is 6.96. The van der Waals surface area contributed by atoms with Gasteiger partial charge in [0.25, 0.3) is 0 Å². The summed E-state index contributed by atoms with van der Waals surface area (Å²) in [5.41, 5.74) is 7.96. The van der Waals surface area contributed by atoms with Crippen LogP contribution in [0.2, 0.25) is 0 Å². The molecule has 0 saturated heterocycles. The summed E-state index contributed by atoms with van der Waals surface area (Å²) in [6.07, 6.45) is 2.25. The maximum atomic E-state index is 10.8. The van der Waals surface area contributed by atoms with Gasteiger partial charge in [0.05, 0.1) is 14.2 Å². The minimum absolute atomic E-state index is 0.354. The second-order valence-corrected chi connectivity index (χ2v) is 10.8. The van der Waals surface area contributed by atoms with E-state index in [1.165, 1.54) is 0 Å². The molecular formula is C37H32O5S. The molecule has 0 heterocycles. The second kappa shape index (κ2) is 14.3. The van der Waals surface area contributed by atoms with Crippen molar-refractivity contribution in [3.63, 3.8) is 0 Å². The van der Waals surface area contributed by atoms with Gasteiger partial charge in [-0.05, 0) is 87.5 Å². The Kier molecular flexibility index (Phi) is 9.82. The van der Waals surface area contributed by atoms with Gasteiger partial charge in [0.1, 0.15) is 17.2 Å². The fourth-order valence-corrected chi connectivity index (χ4v) is 5.42. The molecule has 5 nitrogen and oxygen atoms in total. The molecule has 0 fully saturated rings. The minimum atomic E-state index is -0.995. The summed E-state index contributed by atoms with van der Waals surface area (Å²) < 4.78 is 15.9. The Labute approximate surface area is 256 Å². The van der Waals surface area contributed by atoms with Gasteiger partial charge in [-0.15, -0.1) is 11.8 Å². The van der Waals surface area contributed by atoms with Crippen molar-refractivity contribution in [2.75, 3.05) is 26.6 Å². The summed E-state index contributed by atoms with van der Waals surface area (Å²) >= 11 is 1.71. The van der Waals surface area contributed by atoms with Gasteiger partial charge >= 0.3 is 5.97 Å². The number of carboxylic acids is 1. The zero-order valence-electron chi connectivity index (χ0n) is 24.0. The lowest BCUT2D eigenvalue weighted by Gasteiger charge is -2.12. The van der Waals surface area contributed by atoms with Crippen molar-refractivity contribution >= 4 is 23.3 Å². The molecule has 1 N–H and O–H groups in total. The first-order valence-electron chi connectivity index (χ1n) is 13.8. The summed E-state index contributed by atoms with van der Waals surface area (Å²) in [7, 11) is 3.34. The van der Waals surface area contributed by atoms with E-state index in [2.05, 4.69) is 78.9 Å². The van der Waals surface area contributed by atoms with Crippen LogP contribution < -0.4 is 14.2 Å². The van der Waals surface area contributed by atoms with E-state index in [0.717, 1.165) is 61.1 Å². The molecule has 5 aromatic rings. The SMILES string of the molecule is COc1ccc(-c2ccc(C(=CCSc3ccc(OCC(=O)O)cc3)c3ccc(-c4ccc(OC)cc4)cc3)cc2)cc1. The number of hydrogen-bond donors (Lipinski definition) is 1. The number of aliphatic carboxylic acids is 1. The molecule has 0 aromatic heterocycles. The Morgan fingerprint density at radius 1 is 0.605 bits per heavy atom. The Bertz CT molecular complexity index is 1560. The summed E-state index contributed by atoms with van der Waals surface area (Å²) in [6, 6.07) is 40.9. The van der Waals surface area contributed by atoms with Crippen LogP contribution in [-0.2, 0) is 4.79 Å². The molecule has 0 aliphatic rings. The minimum Gasteiger partial charge on any atom is -0.497 e. The highest BCUT2D eigenvalue weighted by Crippen LogP contribution is 2.31. The molecule has 0 saturated carbocycles. The van der Waals surface area contributed by atoms with Crippen molar-refractivity contribution in [1.29, 1.82) is 0 Å². The fourth-order valence-electron chi connectivity index (χ4n) is 4.65. The van der Waals surface area contributed by atoms with Gasteiger partial charge in [-0.25, -0.2) is 4.79 Å². The number of ether oxygens (including phenoxy) is 3. The van der Waals surface area contributed by atoms with Crippen LogP contribution in [-0.4, -0.2) is 37.7 Å². The lowest BCUT2D eigenvalue weighted by Crippen LogP contribution is -2.09. The van der Waals surface area contributed by atoms with E-state index in [9.17, 15) is 4.79 Å². The molecule has 0 unspecified atom stereocenters. The van der Waals surface area contributed by atoms with Gasteiger partial charge in [-0.1, -0.05) is 78.9 Å². The topological polar surface area (TPSA) is 65.0 Å². The van der Waals surface area contributed by atoms with Gasteiger partial charge in [0, 0.05) is 10.6 Å². The smallest absolute Gasteiger partial charge is 0.341 e. The monoisotopic (exact) mass is 588 g/mol. The van der Waals surface area contributed by atoms with Crippen molar-refractivity contribution < 1.29 is 24.1 Å². The van der Waals surface area contributed by atoms with Crippen molar-refractivity contribution in [3.05, 3.63) is 139 Å². The largest absolute Gasteiger partial charge is 0.497 e. The molecule has 6 heteroatoms.